The first-order valence-corrected chi connectivity index (χ1v) is 10.5. The number of halogens is 3. The number of oxime groups is 1. The topological polar surface area (TPSA) is 197 Å². The number of fused-ring (bicyclic) bond motifs is 2. The van der Waals surface area contributed by atoms with E-state index in [0.29, 0.717) is 11.1 Å². The van der Waals surface area contributed by atoms with E-state index in [2.05, 4.69) is 65.3 Å². The fourth-order valence-electron chi connectivity index (χ4n) is 1.97. The van der Waals surface area contributed by atoms with Gasteiger partial charge in [-0.15, -0.1) is 12.4 Å². The van der Waals surface area contributed by atoms with E-state index in [1.165, 1.54) is 6.21 Å². The fourth-order valence-corrected chi connectivity index (χ4v) is 4.19. The van der Waals surface area contributed by atoms with Gasteiger partial charge in [0.2, 0.25) is 0 Å². The number of hydrogen-bond donors (Lipinski definition) is 3. The number of carbonyl (C=O) groups is 2. The molecule has 2 heterocycles. The average Bonchev–Trinajstić information content (AvgIpc) is 3.49. The Morgan fingerprint density at radius 3 is 1.70 bits per heavy atom. The Labute approximate surface area is 239 Å². The summed E-state index contributed by atoms with van der Waals surface area (Å²) in [4.78, 5) is 21.8. The summed E-state index contributed by atoms with van der Waals surface area (Å²) < 4.78 is 18.0. The van der Waals surface area contributed by atoms with E-state index in [9.17, 15) is 4.79 Å². The summed E-state index contributed by atoms with van der Waals surface area (Å²) in [7, 11) is 0. The summed E-state index contributed by atoms with van der Waals surface area (Å²) in [5.41, 5.74) is 4.31. The zero-order valence-electron chi connectivity index (χ0n) is 16.4. The second kappa shape index (κ2) is 19.2. The van der Waals surface area contributed by atoms with Crippen molar-refractivity contribution < 1.29 is 59.7 Å². The molecule has 0 spiro atoms. The zero-order valence-corrected chi connectivity index (χ0v) is 24.0. The van der Waals surface area contributed by atoms with Crippen molar-refractivity contribution in [1.29, 1.82) is 0 Å². The van der Waals surface area contributed by atoms with Gasteiger partial charge in [0.15, 0.2) is 6.29 Å². The molecule has 4 rings (SSSR count). The van der Waals surface area contributed by atoms with Crippen molar-refractivity contribution in [3.63, 3.8) is 0 Å². The molecule has 0 atom stereocenters. The molecule has 4 aromatic rings. The third-order valence-corrected chi connectivity index (χ3v) is 5.49. The van der Waals surface area contributed by atoms with E-state index >= 15 is 0 Å². The van der Waals surface area contributed by atoms with Gasteiger partial charge in [0.05, 0.1) is 29.7 Å². The molecule has 0 unspecified atom stereocenters. The molecule has 4 N–H and O–H groups in total. The van der Waals surface area contributed by atoms with Crippen molar-refractivity contribution in [3.05, 3.63) is 44.3 Å². The SMILES string of the molecule is Cl.NO.O/N=C/c1ccc(Br)c2nsnc12.O=CO[O-].O=Cc1ccc(Br)c2nsnc12.[Na+]. The summed E-state index contributed by atoms with van der Waals surface area (Å²) in [6.45, 7) is -0.181. The van der Waals surface area contributed by atoms with Crippen LogP contribution in [0, 0.1) is 0 Å². The average molecular weight is 655 g/mol. The summed E-state index contributed by atoms with van der Waals surface area (Å²) in [6.07, 6.45) is 2.13. The van der Waals surface area contributed by atoms with Crippen LogP contribution in [0.25, 0.3) is 22.1 Å². The number of aldehydes is 1. The van der Waals surface area contributed by atoms with E-state index in [4.69, 9.17) is 20.5 Å². The van der Waals surface area contributed by atoms with Crippen molar-refractivity contribution in [2.45, 2.75) is 0 Å². The molecule has 0 amide bonds. The Morgan fingerprint density at radius 1 is 0.909 bits per heavy atom. The van der Waals surface area contributed by atoms with Gasteiger partial charge in [-0.3, -0.25) is 9.59 Å². The van der Waals surface area contributed by atoms with E-state index in [-0.39, 0.29) is 48.4 Å². The minimum Gasteiger partial charge on any atom is -0.662 e. The van der Waals surface area contributed by atoms with E-state index in [0.717, 1.165) is 60.8 Å². The second-order valence-electron chi connectivity index (χ2n) is 4.75. The predicted octanol–water partition coefficient (Wildman–Crippen LogP) is -0.277. The minimum atomic E-state index is -0.181. The third kappa shape index (κ3) is 9.91. The first-order valence-electron chi connectivity index (χ1n) is 7.49. The van der Waals surface area contributed by atoms with Crippen molar-refractivity contribution in [1.82, 2.24) is 17.5 Å². The molecule has 0 fully saturated rings. The first-order chi connectivity index (χ1) is 15.1. The van der Waals surface area contributed by atoms with Gasteiger partial charge < -0.3 is 20.6 Å². The molecule has 0 aliphatic rings. The number of nitrogens with two attached hydrogens (primary N) is 1. The molecular formula is C15H12Br2ClN6NaO6S2. The van der Waals surface area contributed by atoms with Gasteiger partial charge in [0.1, 0.15) is 22.1 Å². The van der Waals surface area contributed by atoms with Gasteiger partial charge in [-0.05, 0) is 56.1 Å². The molecule has 0 radical (unpaired) electrons. The van der Waals surface area contributed by atoms with Crippen LogP contribution < -0.4 is 40.7 Å². The van der Waals surface area contributed by atoms with Gasteiger partial charge in [-0.1, -0.05) is 5.16 Å². The van der Waals surface area contributed by atoms with Crippen LogP contribution >= 0.6 is 67.7 Å². The van der Waals surface area contributed by atoms with Crippen LogP contribution in [0.2, 0.25) is 0 Å². The van der Waals surface area contributed by atoms with Crippen LogP contribution in [-0.2, 0) is 9.68 Å². The molecule has 18 heteroatoms. The van der Waals surface area contributed by atoms with Gasteiger partial charge in [0, 0.05) is 20.1 Å². The van der Waals surface area contributed by atoms with Crippen LogP contribution in [0.15, 0.2) is 38.4 Å². The zero-order chi connectivity index (χ0) is 23.2. The Balaban J connectivity index is 0. The molecule has 33 heavy (non-hydrogen) atoms. The van der Waals surface area contributed by atoms with Crippen LogP contribution in [0.4, 0.5) is 0 Å². The smallest absolute Gasteiger partial charge is 0.662 e. The van der Waals surface area contributed by atoms with Crippen LogP contribution in [0.5, 0.6) is 0 Å². The molecule has 0 aliphatic heterocycles. The molecule has 0 saturated heterocycles. The quantitative estimate of drug-likeness (QED) is 0.0656. The standard InChI is InChI=1S/C7H4BrN3OS.C7H3BrN2OS.CH2O3.ClH.H3NO.Na/c8-5-2-1-4(3-9-12)6-7(5)11-13-10-6;8-5-2-1-4(3-11)6-7(5)10-12-9-6;2-1-4-3;;1-2;/h1-3,12H;1-3H;1,3H;1H;2H,1H2;/q;;;;;+1/p-1/b9-3+;;;;;. The van der Waals surface area contributed by atoms with Crippen LogP contribution in [-0.4, -0.2) is 46.9 Å². The molecule has 12 nitrogen and oxygen atoms in total. The third-order valence-electron chi connectivity index (χ3n) is 3.16. The molecule has 0 aliphatic carbocycles. The number of carbonyl (C=O) groups excluding carboxylic acids is 2. The maximum Gasteiger partial charge on any atom is 1.00 e. The number of nitrogens with zero attached hydrogens (tertiary/aromatic N) is 5. The summed E-state index contributed by atoms with van der Waals surface area (Å²) in [6, 6.07) is 7.18. The van der Waals surface area contributed by atoms with Crippen molar-refractivity contribution in [3.8, 4) is 0 Å². The summed E-state index contributed by atoms with van der Waals surface area (Å²) >= 11 is 8.93. The number of hydrogen-bond acceptors (Lipinski definition) is 14. The van der Waals surface area contributed by atoms with Gasteiger partial charge in [-0.2, -0.15) is 17.5 Å². The van der Waals surface area contributed by atoms with Crippen LogP contribution in [0.1, 0.15) is 15.9 Å². The summed E-state index contributed by atoms with van der Waals surface area (Å²) in [5.74, 6) is 3.50. The van der Waals surface area contributed by atoms with Crippen molar-refractivity contribution in [2.75, 3.05) is 0 Å². The van der Waals surface area contributed by atoms with Gasteiger partial charge in [0.25, 0.3) is 6.47 Å². The number of aromatic nitrogens is 4. The van der Waals surface area contributed by atoms with E-state index in [1.54, 1.807) is 12.1 Å². The summed E-state index contributed by atoms with van der Waals surface area (Å²) in [5, 5.41) is 26.3. The molecular weight excluding hydrogens is 643 g/mol. The molecule has 2 aromatic heterocycles. The molecule has 172 valence electrons. The second-order valence-corrected chi connectivity index (χ2v) is 7.52. The largest absolute Gasteiger partial charge is 1.00 e. The first kappa shape index (κ1) is 34.0. The Bertz CT molecular complexity index is 1170. The fraction of sp³-hybridized carbons (Fsp3) is 0. The maximum absolute atomic E-state index is 10.6. The molecule has 0 bridgehead atoms. The van der Waals surface area contributed by atoms with Crippen molar-refractivity contribution >= 4 is 109 Å². The Hall–Kier alpha value is -1.18. The Kier molecular flexibility index (Phi) is 19.7. The molecule has 2 aromatic carbocycles. The minimum absolute atomic E-state index is 0. The normalized spacial score (nSPS) is 9.12. The number of benzene rings is 2. The van der Waals surface area contributed by atoms with Crippen molar-refractivity contribution in [2.24, 2.45) is 11.1 Å². The predicted molar refractivity (Wildman–Crippen MR) is 125 cm³/mol. The van der Waals surface area contributed by atoms with Gasteiger partial charge >= 0.3 is 29.6 Å². The molecule has 0 saturated carbocycles. The van der Waals surface area contributed by atoms with E-state index in [1.807, 2.05) is 12.1 Å². The van der Waals surface area contributed by atoms with Gasteiger partial charge in [-0.25, -0.2) is 5.90 Å². The monoisotopic (exact) mass is 652 g/mol. The maximum atomic E-state index is 10.6. The van der Waals surface area contributed by atoms with Crippen LogP contribution in [0.3, 0.4) is 0 Å². The number of rotatable bonds is 3. The Morgan fingerprint density at radius 2 is 1.30 bits per heavy atom. The van der Waals surface area contributed by atoms with E-state index < -0.39 is 0 Å².